The van der Waals surface area contributed by atoms with Gasteiger partial charge in [0.05, 0.1) is 10.2 Å². The molecule has 0 aliphatic carbocycles. The summed E-state index contributed by atoms with van der Waals surface area (Å²) in [6.07, 6.45) is 1.58. The lowest BCUT2D eigenvalue weighted by Gasteiger charge is -2.07. The number of benzene rings is 1. The lowest BCUT2D eigenvalue weighted by Crippen LogP contribution is -2.33. The van der Waals surface area contributed by atoms with Crippen molar-refractivity contribution >= 4 is 44.6 Å². The Morgan fingerprint density at radius 1 is 1.27 bits per heavy atom. The van der Waals surface area contributed by atoms with Crippen molar-refractivity contribution in [1.29, 1.82) is 0 Å². The van der Waals surface area contributed by atoms with E-state index < -0.39 is 0 Å². The fraction of sp³-hybridized carbons (Fsp3) is 0.167. The Bertz CT molecular complexity index is 1190. The predicted molar refractivity (Wildman–Crippen MR) is 103 cm³/mol. The fourth-order valence-corrected chi connectivity index (χ4v) is 4.04. The summed E-state index contributed by atoms with van der Waals surface area (Å²) >= 11 is 7.56. The Labute approximate surface area is 157 Å². The van der Waals surface area contributed by atoms with Crippen LogP contribution in [0.15, 0.2) is 47.5 Å². The lowest BCUT2D eigenvalue weighted by atomic mass is 10.2. The van der Waals surface area contributed by atoms with Crippen molar-refractivity contribution in [2.24, 2.45) is 0 Å². The van der Waals surface area contributed by atoms with Crippen LogP contribution in [0.4, 0.5) is 0 Å². The van der Waals surface area contributed by atoms with Gasteiger partial charge in [-0.15, -0.1) is 11.3 Å². The van der Waals surface area contributed by atoms with Crippen LogP contribution in [-0.2, 0) is 17.9 Å². The molecule has 26 heavy (non-hydrogen) atoms. The third-order valence-corrected chi connectivity index (χ3v) is 5.30. The van der Waals surface area contributed by atoms with Crippen molar-refractivity contribution < 1.29 is 4.79 Å². The molecule has 0 fully saturated rings. The standard InChI is InChI=1S/C18H15ClN4O2S/c1-11-5-14-16(26-11)7-15-18(25)23(21-10-22(14)15)9-17(24)20-8-12-3-2-4-13(19)6-12/h2-7,10H,8-9H2,1H3,(H,20,24). The van der Waals surface area contributed by atoms with E-state index >= 15 is 0 Å². The average Bonchev–Trinajstić information content (AvgIpc) is 3.12. The molecule has 1 amide bonds. The topological polar surface area (TPSA) is 68.4 Å². The molecule has 6 nitrogen and oxygen atoms in total. The second-order valence-corrected chi connectivity index (χ2v) is 7.73. The molecular formula is C18H15ClN4O2S. The first-order valence-electron chi connectivity index (χ1n) is 8.00. The van der Waals surface area contributed by atoms with Gasteiger partial charge in [0.25, 0.3) is 5.56 Å². The number of carbonyl (C=O) groups excluding carboxylic acids is 1. The highest BCUT2D eigenvalue weighted by molar-refractivity contribution is 7.19. The van der Waals surface area contributed by atoms with E-state index in [9.17, 15) is 9.59 Å². The van der Waals surface area contributed by atoms with Gasteiger partial charge in [-0.3, -0.25) is 14.0 Å². The van der Waals surface area contributed by atoms with E-state index in [-0.39, 0.29) is 18.0 Å². The zero-order valence-electron chi connectivity index (χ0n) is 13.9. The van der Waals surface area contributed by atoms with Crippen molar-refractivity contribution in [3.63, 3.8) is 0 Å². The van der Waals surface area contributed by atoms with Crippen LogP contribution < -0.4 is 10.9 Å². The van der Waals surface area contributed by atoms with Gasteiger partial charge >= 0.3 is 0 Å². The number of carbonyl (C=O) groups is 1. The molecule has 0 spiro atoms. The minimum absolute atomic E-state index is 0.131. The van der Waals surface area contributed by atoms with Gasteiger partial charge in [0.1, 0.15) is 18.4 Å². The number of fused-ring (bicyclic) bond motifs is 3. The van der Waals surface area contributed by atoms with E-state index in [1.807, 2.05) is 31.2 Å². The average molecular weight is 387 g/mol. The number of nitrogens with zero attached hydrogens (tertiary/aromatic N) is 3. The van der Waals surface area contributed by atoms with Crippen molar-refractivity contribution in [2.45, 2.75) is 20.0 Å². The molecule has 3 aromatic heterocycles. The molecule has 4 rings (SSSR count). The maximum absolute atomic E-state index is 12.6. The minimum Gasteiger partial charge on any atom is -0.350 e. The zero-order valence-corrected chi connectivity index (χ0v) is 15.5. The molecule has 8 heteroatoms. The first-order valence-corrected chi connectivity index (χ1v) is 9.19. The van der Waals surface area contributed by atoms with Gasteiger partial charge in [-0.2, -0.15) is 5.10 Å². The SMILES string of the molecule is Cc1cc2c(cc3c(=O)n(CC(=O)NCc4cccc(Cl)c4)ncn32)s1. The Morgan fingerprint density at radius 2 is 2.12 bits per heavy atom. The highest BCUT2D eigenvalue weighted by Gasteiger charge is 2.13. The van der Waals surface area contributed by atoms with E-state index in [1.54, 1.807) is 34.2 Å². The van der Waals surface area contributed by atoms with Crippen molar-refractivity contribution in [3.05, 3.63) is 68.5 Å². The molecular weight excluding hydrogens is 372 g/mol. The van der Waals surface area contributed by atoms with Gasteiger partial charge in [-0.1, -0.05) is 23.7 Å². The summed E-state index contributed by atoms with van der Waals surface area (Å²) in [5, 5.41) is 7.53. The molecule has 0 saturated heterocycles. The lowest BCUT2D eigenvalue weighted by molar-refractivity contribution is -0.122. The van der Waals surface area contributed by atoms with Crippen LogP contribution in [0, 0.1) is 6.92 Å². The van der Waals surface area contributed by atoms with Gasteiger partial charge in [0.2, 0.25) is 5.91 Å². The summed E-state index contributed by atoms with van der Waals surface area (Å²) in [4.78, 5) is 26.0. The number of rotatable bonds is 4. The number of hydrogen-bond donors (Lipinski definition) is 1. The van der Waals surface area contributed by atoms with Crippen LogP contribution >= 0.6 is 22.9 Å². The predicted octanol–water partition coefficient (Wildman–Crippen LogP) is 2.99. The normalized spacial score (nSPS) is 11.3. The van der Waals surface area contributed by atoms with E-state index in [0.29, 0.717) is 17.1 Å². The molecule has 132 valence electrons. The van der Waals surface area contributed by atoms with Gasteiger partial charge in [0.15, 0.2) is 0 Å². The summed E-state index contributed by atoms with van der Waals surface area (Å²) < 4.78 is 3.98. The summed E-state index contributed by atoms with van der Waals surface area (Å²) in [5.74, 6) is -0.284. The first-order chi connectivity index (χ1) is 12.5. The third-order valence-electron chi connectivity index (χ3n) is 4.08. The molecule has 1 N–H and O–H groups in total. The Hall–Kier alpha value is -2.64. The molecule has 0 bridgehead atoms. The summed E-state index contributed by atoms with van der Waals surface area (Å²) in [6.45, 7) is 2.24. The number of aryl methyl sites for hydroxylation is 1. The monoisotopic (exact) mass is 386 g/mol. The Morgan fingerprint density at radius 3 is 2.92 bits per heavy atom. The third kappa shape index (κ3) is 3.11. The molecule has 4 aromatic rings. The molecule has 0 aliphatic rings. The molecule has 3 heterocycles. The Kier molecular flexibility index (Phi) is 4.26. The van der Waals surface area contributed by atoms with Gasteiger partial charge in [0, 0.05) is 16.4 Å². The second kappa shape index (κ2) is 6.59. The highest BCUT2D eigenvalue weighted by Crippen LogP contribution is 2.26. The second-order valence-electron chi connectivity index (χ2n) is 6.01. The quantitative estimate of drug-likeness (QED) is 0.586. The molecule has 0 saturated carbocycles. The van der Waals surface area contributed by atoms with Crippen molar-refractivity contribution in [2.75, 3.05) is 0 Å². The van der Waals surface area contributed by atoms with Crippen LogP contribution in [0.25, 0.3) is 15.7 Å². The van der Waals surface area contributed by atoms with Gasteiger partial charge in [-0.05, 0) is 36.8 Å². The minimum atomic E-state index is -0.286. The van der Waals surface area contributed by atoms with Crippen molar-refractivity contribution in [1.82, 2.24) is 19.5 Å². The van der Waals surface area contributed by atoms with Crippen molar-refractivity contribution in [3.8, 4) is 0 Å². The number of halogens is 1. The molecule has 1 aromatic carbocycles. The summed E-state index contributed by atoms with van der Waals surface area (Å²) in [5.41, 5.74) is 2.09. The number of nitrogens with one attached hydrogen (secondary N) is 1. The molecule has 0 atom stereocenters. The molecule has 0 radical (unpaired) electrons. The molecule has 0 aliphatic heterocycles. The number of aromatic nitrogens is 3. The van der Waals surface area contributed by atoms with Gasteiger partial charge < -0.3 is 5.32 Å². The maximum Gasteiger partial charge on any atom is 0.291 e. The van der Waals surface area contributed by atoms with E-state index in [1.165, 1.54) is 9.56 Å². The fourth-order valence-electron chi connectivity index (χ4n) is 2.87. The van der Waals surface area contributed by atoms with Crippen LogP contribution in [0.1, 0.15) is 10.4 Å². The summed E-state index contributed by atoms with van der Waals surface area (Å²) in [6, 6.07) is 11.1. The maximum atomic E-state index is 12.6. The van der Waals surface area contributed by atoms with Gasteiger partial charge in [-0.25, -0.2) is 4.68 Å². The zero-order chi connectivity index (χ0) is 18.3. The molecule has 0 unspecified atom stereocenters. The summed E-state index contributed by atoms with van der Waals surface area (Å²) in [7, 11) is 0. The largest absolute Gasteiger partial charge is 0.350 e. The first kappa shape index (κ1) is 16.8. The van der Waals surface area contributed by atoms with Crippen LogP contribution in [0.5, 0.6) is 0 Å². The van der Waals surface area contributed by atoms with Crippen LogP contribution in [0.3, 0.4) is 0 Å². The van der Waals surface area contributed by atoms with Crippen LogP contribution in [-0.4, -0.2) is 20.1 Å². The number of amides is 1. The van der Waals surface area contributed by atoms with E-state index in [2.05, 4.69) is 10.4 Å². The number of thiophene rings is 1. The Balaban J connectivity index is 1.54. The number of hydrogen-bond acceptors (Lipinski definition) is 4. The smallest absolute Gasteiger partial charge is 0.291 e. The van der Waals surface area contributed by atoms with E-state index in [0.717, 1.165) is 15.8 Å². The highest BCUT2D eigenvalue weighted by atomic mass is 35.5. The van der Waals surface area contributed by atoms with E-state index in [4.69, 9.17) is 11.6 Å². The van der Waals surface area contributed by atoms with Crippen LogP contribution in [0.2, 0.25) is 5.02 Å².